The van der Waals surface area contributed by atoms with Crippen molar-refractivity contribution in [2.75, 3.05) is 0 Å². The summed E-state index contributed by atoms with van der Waals surface area (Å²) in [6, 6.07) is 0. The van der Waals surface area contributed by atoms with Crippen molar-refractivity contribution < 1.29 is 0 Å². The van der Waals surface area contributed by atoms with Gasteiger partial charge in [-0.05, 0) is 11.8 Å². The second kappa shape index (κ2) is 16.0. The quantitative estimate of drug-likeness (QED) is 0.476. The average molecular weight is 146 g/mol. The van der Waals surface area contributed by atoms with Gasteiger partial charge in [0, 0.05) is 0 Å². The summed E-state index contributed by atoms with van der Waals surface area (Å²) in [5.74, 6) is 1.67. The molecule has 0 amide bonds. The fourth-order valence-corrected chi connectivity index (χ4v) is 0. The predicted octanol–water partition coefficient (Wildman–Crippen LogP) is 4.35. The first-order valence-electron chi connectivity index (χ1n) is 4.46. The molecule has 66 valence electrons. The Bertz CT molecular complexity index is 15.5. The molecule has 0 aromatic carbocycles. The van der Waals surface area contributed by atoms with E-state index in [-0.39, 0.29) is 0 Å². The van der Waals surface area contributed by atoms with Gasteiger partial charge in [-0.1, -0.05) is 55.4 Å². The largest absolute Gasteiger partial charge is 0.0683 e. The topological polar surface area (TPSA) is 0 Å². The third-order valence-corrected chi connectivity index (χ3v) is 0. The molecular formula is C10H26. The Morgan fingerprint density at radius 3 is 0.500 bits per heavy atom. The van der Waals surface area contributed by atoms with Gasteiger partial charge in [-0.3, -0.25) is 0 Å². The summed E-state index contributed by atoms with van der Waals surface area (Å²) < 4.78 is 0. The number of hydrogen-bond acceptors (Lipinski definition) is 0. The highest BCUT2D eigenvalue weighted by molar-refractivity contribution is 4.21. The molecule has 0 nitrogen and oxygen atoms in total. The maximum Gasteiger partial charge on any atom is -0.0500 e. The lowest BCUT2D eigenvalue weighted by Crippen LogP contribution is -1.66. The van der Waals surface area contributed by atoms with Crippen molar-refractivity contribution >= 4 is 0 Å². The van der Waals surface area contributed by atoms with Crippen LogP contribution < -0.4 is 0 Å². The fourth-order valence-electron chi connectivity index (χ4n) is 0. The molecule has 0 spiro atoms. The van der Waals surface area contributed by atoms with Gasteiger partial charge in [-0.25, -0.2) is 0 Å². The lowest BCUT2D eigenvalue weighted by Gasteiger charge is -1.79. The molecule has 0 heterocycles. The monoisotopic (exact) mass is 146 g/mol. The van der Waals surface area contributed by atoms with Crippen molar-refractivity contribution in [2.24, 2.45) is 11.8 Å². The highest BCUT2D eigenvalue weighted by atomic mass is 13.7. The third kappa shape index (κ3) is 0. The molecule has 0 rings (SSSR count). The Hall–Kier alpha value is 0. The van der Waals surface area contributed by atoms with Gasteiger partial charge in [-0.15, -0.1) is 0 Å². The van der Waals surface area contributed by atoms with Gasteiger partial charge in [-0.2, -0.15) is 0 Å². The molecule has 0 heteroatoms. The van der Waals surface area contributed by atoms with Crippen LogP contribution in [0.5, 0.6) is 0 Å². The molecule has 0 aromatic heterocycles. The summed E-state index contributed by atoms with van der Waals surface area (Å²) >= 11 is 0. The van der Waals surface area contributed by atoms with Crippen LogP contribution >= 0.6 is 0 Å². The summed E-state index contributed by atoms with van der Waals surface area (Å²) in [6.45, 7) is 17.0. The lowest BCUT2D eigenvalue weighted by atomic mass is 10.3. The van der Waals surface area contributed by atoms with E-state index in [1.807, 2.05) is 13.8 Å². The second-order valence-electron chi connectivity index (χ2n) is 3.46. The van der Waals surface area contributed by atoms with E-state index in [0.717, 1.165) is 11.8 Å². The van der Waals surface area contributed by atoms with Crippen LogP contribution in [-0.2, 0) is 0 Å². The summed E-state index contributed by atoms with van der Waals surface area (Å²) in [7, 11) is 0. The molecule has 0 saturated heterocycles. The molecular weight excluding hydrogens is 120 g/mol. The Morgan fingerprint density at radius 2 is 0.500 bits per heavy atom. The van der Waals surface area contributed by atoms with Crippen molar-refractivity contribution in [2.45, 2.75) is 55.4 Å². The average Bonchev–Trinajstić information content (AvgIpc) is 1.66. The summed E-state index contributed by atoms with van der Waals surface area (Å²) in [5, 5.41) is 0. The number of rotatable bonds is 0. The third-order valence-electron chi connectivity index (χ3n) is 0. The molecule has 0 aliphatic rings. The first-order valence-corrected chi connectivity index (χ1v) is 4.46. The van der Waals surface area contributed by atoms with Crippen molar-refractivity contribution in [1.82, 2.24) is 0 Å². The van der Waals surface area contributed by atoms with E-state index in [1.54, 1.807) is 0 Å². The van der Waals surface area contributed by atoms with Crippen LogP contribution in [0.15, 0.2) is 0 Å². The molecule has 0 aliphatic carbocycles. The van der Waals surface area contributed by atoms with E-state index >= 15 is 0 Å². The van der Waals surface area contributed by atoms with E-state index in [0.29, 0.717) is 0 Å². The molecule has 0 saturated carbocycles. The summed E-state index contributed by atoms with van der Waals surface area (Å²) in [4.78, 5) is 0. The first-order chi connectivity index (χ1) is 4.46. The smallest absolute Gasteiger partial charge is 0.0500 e. The number of hydrogen-bond donors (Lipinski definition) is 0. The highest BCUT2D eigenvalue weighted by Gasteiger charge is 1.68. The Labute approximate surface area is 68.0 Å². The van der Waals surface area contributed by atoms with Crippen LogP contribution in [0.1, 0.15) is 55.4 Å². The summed E-state index contributed by atoms with van der Waals surface area (Å²) in [5.41, 5.74) is 0. The standard InChI is InChI=1S/2C4H10.C2H6/c2*1-4(2)3;1-2/h2*4H,1-3H3;1-2H3. The normalized spacial score (nSPS) is 7.80. The zero-order valence-electron chi connectivity index (χ0n) is 9.15. The van der Waals surface area contributed by atoms with E-state index < -0.39 is 0 Å². The van der Waals surface area contributed by atoms with Gasteiger partial charge in [0.05, 0.1) is 0 Å². The van der Waals surface area contributed by atoms with Crippen molar-refractivity contribution in [3.63, 3.8) is 0 Å². The van der Waals surface area contributed by atoms with Gasteiger partial charge in [0.25, 0.3) is 0 Å². The molecule has 0 fully saturated rings. The summed E-state index contributed by atoms with van der Waals surface area (Å²) in [6.07, 6.45) is 0. The van der Waals surface area contributed by atoms with E-state index in [4.69, 9.17) is 0 Å². The van der Waals surface area contributed by atoms with Gasteiger partial charge in [0.1, 0.15) is 0 Å². The molecule has 0 unspecified atom stereocenters. The maximum atomic E-state index is 2.17. The lowest BCUT2D eigenvalue weighted by molar-refractivity contribution is 0.736. The van der Waals surface area contributed by atoms with Crippen LogP contribution in [0.4, 0.5) is 0 Å². The minimum absolute atomic E-state index is 0.833. The zero-order valence-corrected chi connectivity index (χ0v) is 9.15. The van der Waals surface area contributed by atoms with Crippen molar-refractivity contribution in [1.29, 1.82) is 0 Å². The second-order valence-corrected chi connectivity index (χ2v) is 3.46. The van der Waals surface area contributed by atoms with Crippen LogP contribution in [0, 0.1) is 11.8 Å². The first kappa shape index (κ1) is 16.5. The van der Waals surface area contributed by atoms with Crippen molar-refractivity contribution in [3.8, 4) is 0 Å². The molecule has 0 atom stereocenters. The molecule has 0 N–H and O–H groups in total. The minimum atomic E-state index is 0.833. The Kier molecular flexibility index (Phi) is 26.4. The minimum Gasteiger partial charge on any atom is -0.0683 e. The zero-order chi connectivity index (χ0) is 9.15. The maximum absolute atomic E-state index is 2.17. The highest BCUT2D eigenvalue weighted by Crippen LogP contribution is 1.81. The van der Waals surface area contributed by atoms with E-state index in [9.17, 15) is 0 Å². The van der Waals surface area contributed by atoms with Crippen LogP contribution in [0.2, 0.25) is 0 Å². The molecule has 0 aliphatic heterocycles. The molecule has 0 bridgehead atoms. The molecule has 0 aromatic rings. The molecule has 10 heavy (non-hydrogen) atoms. The van der Waals surface area contributed by atoms with Gasteiger partial charge in [0.2, 0.25) is 0 Å². The van der Waals surface area contributed by atoms with Crippen molar-refractivity contribution in [3.05, 3.63) is 0 Å². The SMILES string of the molecule is CC.CC(C)C.CC(C)C. The van der Waals surface area contributed by atoms with E-state index in [1.165, 1.54) is 0 Å². The van der Waals surface area contributed by atoms with Crippen LogP contribution in [-0.4, -0.2) is 0 Å². The predicted molar refractivity (Wildman–Crippen MR) is 52.4 cm³/mol. The Balaban J connectivity index is -0.0000000787. The van der Waals surface area contributed by atoms with Gasteiger partial charge in [0.15, 0.2) is 0 Å². The molecule has 0 radical (unpaired) electrons. The van der Waals surface area contributed by atoms with Crippen LogP contribution in [0.3, 0.4) is 0 Å². The van der Waals surface area contributed by atoms with E-state index in [2.05, 4.69) is 41.5 Å². The fraction of sp³-hybridized carbons (Fsp3) is 1.00. The Morgan fingerprint density at radius 1 is 0.500 bits per heavy atom. The van der Waals surface area contributed by atoms with Crippen LogP contribution in [0.25, 0.3) is 0 Å². The van der Waals surface area contributed by atoms with Gasteiger partial charge >= 0.3 is 0 Å². The van der Waals surface area contributed by atoms with Gasteiger partial charge < -0.3 is 0 Å².